The molecule has 2 unspecified atom stereocenters. The summed E-state index contributed by atoms with van der Waals surface area (Å²) in [4.78, 5) is 31.5. The lowest BCUT2D eigenvalue weighted by atomic mass is 9.85. The number of likely N-dealkylation sites (tertiary alicyclic amines) is 1. The van der Waals surface area contributed by atoms with Gasteiger partial charge < -0.3 is 20.3 Å². The predicted octanol–water partition coefficient (Wildman–Crippen LogP) is 3.94. The molecule has 2 aromatic carbocycles. The monoisotopic (exact) mass is 448 g/mol. The van der Waals surface area contributed by atoms with Crippen LogP contribution in [0.2, 0.25) is 0 Å². The Balaban J connectivity index is 1.52. The zero-order valence-corrected chi connectivity index (χ0v) is 18.2. The SMILES string of the molecule is COc1ccc(C2CN(Cc3cccnc3)C(=O)CC2NC(=O)Nc2ccc(F)cc2)cc1. The summed E-state index contributed by atoms with van der Waals surface area (Å²) >= 11 is 0. The molecular weight excluding hydrogens is 423 g/mol. The van der Waals surface area contributed by atoms with Crippen molar-refractivity contribution in [1.82, 2.24) is 15.2 Å². The first-order chi connectivity index (χ1) is 16.0. The molecule has 8 heteroatoms. The van der Waals surface area contributed by atoms with Gasteiger partial charge in [0.25, 0.3) is 0 Å². The maximum atomic E-state index is 13.1. The molecule has 7 nitrogen and oxygen atoms in total. The lowest BCUT2D eigenvalue weighted by molar-refractivity contribution is -0.135. The van der Waals surface area contributed by atoms with E-state index >= 15 is 0 Å². The minimum Gasteiger partial charge on any atom is -0.497 e. The number of ether oxygens (including phenoxy) is 1. The summed E-state index contributed by atoms with van der Waals surface area (Å²) in [7, 11) is 1.61. The number of nitrogens with one attached hydrogen (secondary N) is 2. The number of carbonyl (C=O) groups is 2. The second kappa shape index (κ2) is 10.1. The van der Waals surface area contributed by atoms with Crippen LogP contribution in [0.3, 0.4) is 0 Å². The quantitative estimate of drug-likeness (QED) is 0.599. The van der Waals surface area contributed by atoms with Crippen molar-refractivity contribution in [3.05, 3.63) is 90.0 Å². The number of hydrogen-bond acceptors (Lipinski definition) is 4. The molecule has 33 heavy (non-hydrogen) atoms. The minimum atomic E-state index is -0.446. The average molecular weight is 448 g/mol. The molecule has 170 valence electrons. The van der Waals surface area contributed by atoms with Crippen LogP contribution >= 0.6 is 0 Å². The molecule has 1 fully saturated rings. The topological polar surface area (TPSA) is 83.6 Å². The highest BCUT2D eigenvalue weighted by Crippen LogP contribution is 2.30. The van der Waals surface area contributed by atoms with Crippen molar-refractivity contribution in [1.29, 1.82) is 0 Å². The number of anilines is 1. The van der Waals surface area contributed by atoms with Crippen molar-refractivity contribution >= 4 is 17.6 Å². The average Bonchev–Trinajstić information content (AvgIpc) is 2.83. The van der Waals surface area contributed by atoms with Gasteiger partial charge in [0.2, 0.25) is 5.91 Å². The third-order valence-corrected chi connectivity index (χ3v) is 5.71. The van der Waals surface area contributed by atoms with Crippen LogP contribution < -0.4 is 15.4 Å². The van der Waals surface area contributed by atoms with E-state index in [0.717, 1.165) is 16.9 Å². The fourth-order valence-electron chi connectivity index (χ4n) is 4.00. The van der Waals surface area contributed by atoms with Gasteiger partial charge in [-0.3, -0.25) is 9.78 Å². The Kier molecular flexibility index (Phi) is 6.83. The first-order valence-electron chi connectivity index (χ1n) is 10.7. The van der Waals surface area contributed by atoms with E-state index < -0.39 is 12.1 Å². The molecule has 2 N–H and O–H groups in total. The third-order valence-electron chi connectivity index (χ3n) is 5.71. The van der Waals surface area contributed by atoms with E-state index in [2.05, 4.69) is 15.6 Å². The Bertz CT molecular complexity index is 1090. The van der Waals surface area contributed by atoms with Crippen LogP contribution in [0.4, 0.5) is 14.9 Å². The molecule has 1 aliphatic rings. The molecular formula is C25H25FN4O3. The molecule has 1 saturated heterocycles. The lowest BCUT2D eigenvalue weighted by Gasteiger charge is -2.39. The summed E-state index contributed by atoms with van der Waals surface area (Å²) in [6.45, 7) is 0.898. The molecule has 2 heterocycles. The van der Waals surface area contributed by atoms with Crippen LogP contribution in [0.25, 0.3) is 0 Å². The number of methoxy groups -OCH3 is 1. The van der Waals surface area contributed by atoms with Crippen LogP contribution in [0.5, 0.6) is 5.75 Å². The Morgan fingerprint density at radius 1 is 1.15 bits per heavy atom. The fraction of sp³-hybridized carbons (Fsp3) is 0.240. The van der Waals surface area contributed by atoms with Gasteiger partial charge in [-0.2, -0.15) is 0 Å². The zero-order valence-electron chi connectivity index (χ0n) is 18.2. The number of nitrogens with zero attached hydrogens (tertiary/aromatic N) is 2. The van der Waals surface area contributed by atoms with Gasteiger partial charge in [0.05, 0.1) is 7.11 Å². The van der Waals surface area contributed by atoms with Gasteiger partial charge in [-0.05, 0) is 53.6 Å². The van der Waals surface area contributed by atoms with Crippen molar-refractivity contribution < 1.29 is 18.7 Å². The van der Waals surface area contributed by atoms with Gasteiger partial charge in [0.15, 0.2) is 0 Å². The molecule has 3 aromatic rings. The van der Waals surface area contributed by atoms with Crippen LogP contribution in [0.1, 0.15) is 23.5 Å². The van der Waals surface area contributed by atoms with E-state index in [9.17, 15) is 14.0 Å². The second-order valence-corrected chi connectivity index (χ2v) is 7.93. The van der Waals surface area contributed by atoms with Gasteiger partial charge in [-0.1, -0.05) is 18.2 Å². The number of amides is 3. The number of rotatable bonds is 6. The van der Waals surface area contributed by atoms with E-state index in [0.29, 0.717) is 18.8 Å². The molecule has 0 aliphatic carbocycles. The van der Waals surface area contributed by atoms with Crippen molar-refractivity contribution in [2.24, 2.45) is 0 Å². The molecule has 0 spiro atoms. The molecule has 4 rings (SSSR count). The van der Waals surface area contributed by atoms with Crippen LogP contribution in [-0.2, 0) is 11.3 Å². The number of carbonyl (C=O) groups excluding carboxylic acids is 2. The number of halogens is 1. The standard InChI is InChI=1S/C25H25FN4O3/c1-33-21-10-4-18(5-11-21)22-16-30(15-17-3-2-12-27-14-17)24(31)13-23(22)29-25(32)28-20-8-6-19(26)7-9-20/h2-12,14,22-23H,13,15-16H2,1H3,(H2,28,29,32). The highest BCUT2D eigenvalue weighted by Gasteiger charge is 2.36. The summed E-state index contributed by atoms with van der Waals surface area (Å²) in [5.41, 5.74) is 2.40. The summed E-state index contributed by atoms with van der Waals surface area (Å²) in [5.74, 6) is 0.184. The van der Waals surface area contributed by atoms with E-state index in [-0.39, 0.29) is 24.1 Å². The Hall–Kier alpha value is -3.94. The molecule has 0 radical (unpaired) electrons. The number of piperidine rings is 1. The molecule has 1 aromatic heterocycles. The Morgan fingerprint density at radius 2 is 1.91 bits per heavy atom. The number of benzene rings is 2. The van der Waals surface area contributed by atoms with Gasteiger partial charge in [-0.15, -0.1) is 0 Å². The third kappa shape index (κ3) is 5.65. The molecule has 3 amide bonds. The van der Waals surface area contributed by atoms with Crippen molar-refractivity contribution in [3.63, 3.8) is 0 Å². The number of pyridine rings is 1. The highest BCUT2D eigenvalue weighted by atomic mass is 19.1. The predicted molar refractivity (Wildman–Crippen MR) is 122 cm³/mol. The van der Waals surface area contributed by atoms with Crippen LogP contribution in [0, 0.1) is 5.82 Å². The number of hydrogen-bond donors (Lipinski definition) is 2. The normalized spacial score (nSPS) is 18.0. The summed E-state index contributed by atoms with van der Waals surface area (Å²) in [6, 6.07) is 16.1. The summed E-state index contributed by atoms with van der Waals surface area (Å²) < 4.78 is 18.4. The van der Waals surface area contributed by atoms with E-state index in [1.54, 1.807) is 24.4 Å². The van der Waals surface area contributed by atoms with Crippen molar-refractivity contribution in [3.8, 4) is 5.75 Å². The van der Waals surface area contributed by atoms with E-state index in [4.69, 9.17) is 4.74 Å². The fourth-order valence-corrected chi connectivity index (χ4v) is 4.00. The van der Waals surface area contributed by atoms with Gasteiger partial charge in [-0.25, -0.2) is 9.18 Å². The van der Waals surface area contributed by atoms with Gasteiger partial charge in [0, 0.05) is 49.6 Å². The maximum Gasteiger partial charge on any atom is 0.319 e. The van der Waals surface area contributed by atoms with Crippen LogP contribution in [-0.4, -0.2) is 41.5 Å². The minimum absolute atomic E-state index is 0.0457. The van der Waals surface area contributed by atoms with Gasteiger partial charge in [0.1, 0.15) is 11.6 Å². The maximum absolute atomic E-state index is 13.1. The van der Waals surface area contributed by atoms with E-state index in [1.165, 1.54) is 24.3 Å². The van der Waals surface area contributed by atoms with Crippen molar-refractivity contribution in [2.45, 2.75) is 24.9 Å². The summed E-state index contributed by atoms with van der Waals surface area (Å²) in [6.07, 6.45) is 3.60. The number of urea groups is 1. The molecule has 1 aliphatic heterocycles. The largest absolute Gasteiger partial charge is 0.497 e. The van der Waals surface area contributed by atoms with Crippen molar-refractivity contribution in [2.75, 3.05) is 19.0 Å². The highest BCUT2D eigenvalue weighted by molar-refractivity contribution is 5.90. The first-order valence-corrected chi connectivity index (χ1v) is 10.7. The van der Waals surface area contributed by atoms with E-state index in [1.807, 2.05) is 36.4 Å². The molecule has 0 saturated carbocycles. The van der Waals surface area contributed by atoms with Gasteiger partial charge >= 0.3 is 6.03 Å². The zero-order chi connectivity index (χ0) is 23.2. The Labute approximate surface area is 191 Å². The molecule has 0 bridgehead atoms. The smallest absolute Gasteiger partial charge is 0.319 e. The number of aromatic nitrogens is 1. The Morgan fingerprint density at radius 3 is 2.58 bits per heavy atom. The molecule has 2 atom stereocenters. The first kappa shape index (κ1) is 22.3. The lowest BCUT2D eigenvalue weighted by Crippen LogP contribution is -2.52. The van der Waals surface area contributed by atoms with Crippen LogP contribution in [0.15, 0.2) is 73.1 Å². The second-order valence-electron chi connectivity index (χ2n) is 7.93. The summed E-state index contributed by atoms with van der Waals surface area (Å²) in [5, 5.41) is 5.64.